The molecule has 106 valence electrons. The number of rotatable bonds is 5. The van der Waals surface area contributed by atoms with E-state index >= 15 is 0 Å². The molecular formula is C13H20N2O3S. The molecular weight excluding hydrogens is 264 g/mol. The van der Waals surface area contributed by atoms with Gasteiger partial charge in [0.15, 0.2) is 5.13 Å². The molecule has 1 aromatic heterocycles. The van der Waals surface area contributed by atoms with Crippen molar-refractivity contribution in [1.29, 1.82) is 0 Å². The Morgan fingerprint density at radius 3 is 2.89 bits per heavy atom. The number of methoxy groups -OCH3 is 1. The highest BCUT2D eigenvalue weighted by molar-refractivity contribution is 7.13. The van der Waals surface area contributed by atoms with Gasteiger partial charge in [-0.1, -0.05) is 0 Å². The van der Waals surface area contributed by atoms with E-state index in [1.807, 2.05) is 12.3 Å². The maximum absolute atomic E-state index is 11.2. The lowest BCUT2D eigenvalue weighted by molar-refractivity contribution is -0.139. The molecule has 19 heavy (non-hydrogen) atoms. The second-order valence-electron chi connectivity index (χ2n) is 4.52. The van der Waals surface area contributed by atoms with Gasteiger partial charge in [-0.15, -0.1) is 11.3 Å². The minimum Gasteiger partial charge on any atom is -0.469 e. The molecule has 0 aromatic carbocycles. The number of carbonyl (C=O) groups is 1. The van der Waals surface area contributed by atoms with Crippen LogP contribution in [-0.4, -0.2) is 43.9 Å². The molecule has 0 bridgehead atoms. The van der Waals surface area contributed by atoms with Crippen LogP contribution in [0.3, 0.4) is 0 Å². The van der Waals surface area contributed by atoms with Gasteiger partial charge in [-0.05, 0) is 19.8 Å². The number of nitrogens with zero attached hydrogens (tertiary/aromatic N) is 2. The fourth-order valence-corrected chi connectivity index (χ4v) is 3.07. The van der Waals surface area contributed by atoms with E-state index in [1.54, 1.807) is 11.3 Å². The summed E-state index contributed by atoms with van der Waals surface area (Å²) in [6.07, 6.45) is 2.72. The van der Waals surface area contributed by atoms with Crippen molar-refractivity contribution in [3.8, 4) is 0 Å². The van der Waals surface area contributed by atoms with Crippen LogP contribution in [0.15, 0.2) is 5.38 Å². The van der Waals surface area contributed by atoms with Crippen LogP contribution in [0.25, 0.3) is 0 Å². The summed E-state index contributed by atoms with van der Waals surface area (Å²) in [7, 11) is 1.40. The smallest absolute Gasteiger partial charge is 0.311 e. The third-order valence-electron chi connectivity index (χ3n) is 3.21. The van der Waals surface area contributed by atoms with E-state index in [-0.39, 0.29) is 12.4 Å². The van der Waals surface area contributed by atoms with E-state index in [9.17, 15) is 4.79 Å². The van der Waals surface area contributed by atoms with Gasteiger partial charge in [-0.3, -0.25) is 4.79 Å². The number of ether oxygens (including phenoxy) is 2. The summed E-state index contributed by atoms with van der Waals surface area (Å²) in [5.74, 6) is -0.244. The third kappa shape index (κ3) is 3.91. The standard InChI is InChI=1S/C13H20N2O3S/c1-3-18-11-4-6-15(7-5-11)13-14-10(9-19-13)8-12(16)17-2/h9,11H,3-8H2,1-2H3. The first-order chi connectivity index (χ1) is 9.22. The molecule has 0 aliphatic carbocycles. The first kappa shape index (κ1) is 14.3. The Labute approximate surface area is 117 Å². The predicted molar refractivity (Wildman–Crippen MR) is 74.7 cm³/mol. The molecule has 1 saturated heterocycles. The lowest BCUT2D eigenvalue weighted by atomic mass is 10.1. The van der Waals surface area contributed by atoms with E-state index in [0.717, 1.165) is 43.4 Å². The predicted octanol–water partition coefficient (Wildman–Crippen LogP) is 1.86. The van der Waals surface area contributed by atoms with E-state index in [4.69, 9.17) is 4.74 Å². The molecule has 0 unspecified atom stereocenters. The lowest BCUT2D eigenvalue weighted by Crippen LogP contribution is -2.37. The average Bonchev–Trinajstić information content (AvgIpc) is 2.88. The van der Waals surface area contributed by atoms with Crippen molar-refractivity contribution in [3.05, 3.63) is 11.1 Å². The molecule has 0 amide bonds. The normalized spacial score (nSPS) is 16.6. The highest BCUT2D eigenvalue weighted by Gasteiger charge is 2.21. The number of hydrogen-bond donors (Lipinski definition) is 0. The Morgan fingerprint density at radius 1 is 1.53 bits per heavy atom. The average molecular weight is 284 g/mol. The zero-order valence-corrected chi connectivity index (χ0v) is 12.2. The van der Waals surface area contributed by atoms with Crippen molar-refractivity contribution >= 4 is 22.4 Å². The SMILES string of the molecule is CCOC1CCN(c2nc(CC(=O)OC)cs2)CC1. The molecule has 0 atom stereocenters. The Morgan fingerprint density at radius 2 is 2.26 bits per heavy atom. The zero-order valence-electron chi connectivity index (χ0n) is 11.4. The lowest BCUT2D eigenvalue weighted by Gasteiger charge is -2.31. The monoisotopic (exact) mass is 284 g/mol. The van der Waals surface area contributed by atoms with E-state index in [0.29, 0.717) is 6.10 Å². The minimum absolute atomic E-state index is 0.244. The summed E-state index contributed by atoms with van der Waals surface area (Å²) in [6.45, 7) is 4.75. The summed E-state index contributed by atoms with van der Waals surface area (Å²) in [5.41, 5.74) is 0.791. The van der Waals surface area contributed by atoms with Gasteiger partial charge in [0.1, 0.15) is 0 Å². The molecule has 1 aliphatic rings. The third-order valence-corrected chi connectivity index (χ3v) is 4.16. The Kier molecular flexibility index (Phi) is 5.15. The van der Waals surface area contributed by atoms with Crippen LogP contribution in [0.5, 0.6) is 0 Å². The van der Waals surface area contributed by atoms with Gasteiger partial charge in [-0.2, -0.15) is 0 Å². The minimum atomic E-state index is -0.244. The summed E-state index contributed by atoms with van der Waals surface area (Å²) in [4.78, 5) is 18.0. The summed E-state index contributed by atoms with van der Waals surface area (Å²) >= 11 is 1.59. The van der Waals surface area contributed by atoms with E-state index < -0.39 is 0 Å². The van der Waals surface area contributed by atoms with Gasteiger partial charge in [0, 0.05) is 25.1 Å². The Bertz CT molecular complexity index is 414. The first-order valence-electron chi connectivity index (χ1n) is 6.60. The van der Waals surface area contributed by atoms with Crippen LogP contribution in [0, 0.1) is 0 Å². The topological polar surface area (TPSA) is 51.7 Å². The van der Waals surface area contributed by atoms with Gasteiger partial charge in [0.05, 0.1) is 25.3 Å². The fourth-order valence-electron chi connectivity index (χ4n) is 2.19. The van der Waals surface area contributed by atoms with Crippen LogP contribution in [0.4, 0.5) is 5.13 Å². The Balaban J connectivity index is 1.88. The Hall–Kier alpha value is -1.14. The van der Waals surface area contributed by atoms with Gasteiger partial charge in [0.25, 0.3) is 0 Å². The van der Waals surface area contributed by atoms with Crippen molar-refractivity contribution in [3.63, 3.8) is 0 Å². The highest BCUT2D eigenvalue weighted by atomic mass is 32.1. The number of aromatic nitrogens is 1. The molecule has 0 spiro atoms. The van der Waals surface area contributed by atoms with Crippen LogP contribution < -0.4 is 4.90 Å². The van der Waals surface area contributed by atoms with Crippen LogP contribution >= 0.6 is 11.3 Å². The van der Waals surface area contributed by atoms with Gasteiger partial charge in [-0.25, -0.2) is 4.98 Å². The maximum Gasteiger partial charge on any atom is 0.311 e. The zero-order chi connectivity index (χ0) is 13.7. The quantitative estimate of drug-likeness (QED) is 0.773. The van der Waals surface area contributed by atoms with Crippen molar-refractivity contribution in [2.24, 2.45) is 0 Å². The van der Waals surface area contributed by atoms with Crippen LogP contribution in [-0.2, 0) is 20.7 Å². The number of thiazole rings is 1. The number of piperidine rings is 1. The van der Waals surface area contributed by atoms with Crippen LogP contribution in [0.2, 0.25) is 0 Å². The molecule has 1 aliphatic heterocycles. The highest BCUT2D eigenvalue weighted by Crippen LogP contribution is 2.25. The second kappa shape index (κ2) is 6.86. The van der Waals surface area contributed by atoms with Crippen molar-refractivity contribution in [1.82, 2.24) is 4.98 Å². The molecule has 6 heteroatoms. The molecule has 0 saturated carbocycles. The molecule has 1 aromatic rings. The molecule has 0 radical (unpaired) electrons. The van der Waals surface area contributed by atoms with Crippen molar-refractivity contribution < 1.29 is 14.3 Å². The fraction of sp³-hybridized carbons (Fsp3) is 0.692. The number of hydrogen-bond acceptors (Lipinski definition) is 6. The largest absolute Gasteiger partial charge is 0.469 e. The van der Waals surface area contributed by atoms with Crippen LogP contribution in [0.1, 0.15) is 25.5 Å². The molecule has 5 nitrogen and oxygen atoms in total. The number of anilines is 1. The van der Waals surface area contributed by atoms with Gasteiger partial charge >= 0.3 is 5.97 Å². The molecule has 0 N–H and O–H groups in total. The van der Waals surface area contributed by atoms with E-state index in [1.165, 1.54) is 7.11 Å². The summed E-state index contributed by atoms with van der Waals surface area (Å²) in [6, 6.07) is 0. The number of carbonyl (C=O) groups excluding carboxylic acids is 1. The summed E-state index contributed by atoms with van der Waals surface area (Å²) < 4.78 is 10.3. The van der Waals surface area contributed by atoms with Gasteiger partial charge < -0.3 is 14.4 Å². The molecule has 2 rings (SSSR count). The maximum atomic E-state index is 11.2. The number of esters is 1. The second-order valence-corrected chi connectivity index (χ2v) is 5.35. The van der Waals surface area contributed by atoms with Crippen molar-refractivity contribution in [2.45, 2.75) is 32.3 Å². The van der Waals surface area contributed by atoms with Gasteiger partial charge in [0.2, 0.25) is 0 Å². The molecule has 2 heterocycles. The van der Waals surface area contributed by atoms with Crippen molar-refractivity contribution in [2.75, 3.05) is 31.7 Å². The first-order valence-corrected chi connectivity index (χ1v) is 7.48. The summed E-state index contributed by atoms with van der Waals surface area (Å²) in [5, 5.41) is 2.93. The van der Waals surface area contributed by atoms with E-state index in [2.05, 4.69) is 14.6 Å². The molecule has 1 fully saturated rings.